The number of hydrogen-bond acceptors (Lipinski definition) is 7. The first-order valence-electron chi connectivity index (χ1n) is 11.1. The molecule has 1 aromatic carbocycles. The molecule has 1 aliphatic rings. The maximum absolute atomic E-state index is 14.5. The molecular weight excluding hydrogens is 441 g/mol. The highest BCUT2D eigenvalue weighted by Crippen LogP contribution is 2.37. The van der Waals surface area contributed by atoms with Gasteiger partial charge in [0.2, 0.25) is 5.88 Å². The number of aromatic nitrogens is 3. The van der Waals surface area contributed by atoms with Crippen molar-refractivity contribution >= 4 is 5.97 Å². The number of aliphatic carboxylic acids is 1. The van der Waals surface area contributed by atoms with Gasteiger partial charge in [-0.25, -0.2) is 9.37 Å². The summed E-state index contributed by atoms with van der Waals surface area (Å²) in [6.07, 6.45) is 3.10. The van der Waals surface area contributed by atoms with E-state index in [1.54, 1.807) is 18.3 Å². The summed E-state index contributed by atoms with van der Waals surface area (Å²) in [5.41, 5.74) is 3.39. The van der Waals surface area contributed by atoms with E-state index in [0.717, 1.165) is 18.2 Å². The van der Waals surface area contributed by atoms with Crippen molar-refractivity contribution in [2.75, 3.05) is 7.11 Å². The molecule has 0 saturated heterocycles. The van der Waals surface area contributed by atoms with E-state index in [2.05, 4.69) is 9.97 Å². The number of halogens is 1. The number of pyridine rings is 1. The zero-order valence-corrected chi connectivity index (χ0v) is 19.2. The Morgan fingerprint density at radius 3 is 2.79 bits per heavy atom. The van der Waals surface area contributed by atoms with Gasteiger partial charge in [0, 0.05) is 11.6 Å². The van der Waals surface area contributed by atoms with E-state index in [-0.39, 0.29) is 17.5 Å². The minimum atomic E-state index is -1.15. The molecule has 2 aromatic heterocycles. The maximum Gasteiger partial charge on any atom is 0.309 e. The molecule has 2 N–H and O–H groups in total. The summed E-state index contributed by atoms with van der Waals surface area (Å²) >= 11 is 0. The molecule has 0 saturated carbocycles. The summed E-state index contributed by atoms with van der Waals surface area (Å²) in [7, 11) is 1.46. The van der Waals surface area contributed by atoms with E-state index in [1.807, 2.05) is 13.0 Å². The second kappa shape index (κ2) is 9.72. The first-order chi connectivity index (χ1) is 16.3. The number of nitrogens with zero attached hydrogens (tertiary/aromatic N) is 3. The lowest BCUT2D eigenvalue weighted by atomic mass is 9.93. The van der Waals surface area contributed by atoms with Crippen molar-refractivity contribution < 1.29 is 28.9 Å². The SMILES string of the molecule is CCc1nc(C2CCc3ccc([C@H](O)[C@H](C)C(=O)O)cc3O2)cnc1-c1cc(OC)ncc1F. The van der Waals surface area contributed by atoms with Gasteiger partial charge >= 0.3 is 5.97 Å². The van der Waals surface area contributed by atoms with Gasteiger partial charge in [0.25, 0.3) is 0 Å². The van der Waals surface area contributed by atoms with Crippen LogP contribution in [-0.2, 0) is 17.6 Å². The Morgan fingerprint density at radius 2 is 2.09 bits per heavy atom. The molecule has 9 heteroatoms. The maximum atomic E-state index is 14.5. The number of aliphatic hydroxyl groups excluding tert-OH is 1. The number of hydrogen-bond donors (Lipinski definition) is 2. The number of benzene rings is 1. The zero-order valence-electron chi connectivity index (χ0n) is 19.2. The van der Waals surface area contributed by atoms with Crippen LogP contribution in [0.25, 0.3) is 11.3 Å². The molecule has 178 valence electrons. The Hall–Kier alpha value is -3.59. The highest BCUT2D eigenvalue weighted by atomic mass is 19.1. The molecule has 4 rings (SSSR count). The number of carboxylic acid groups (broad SMARTS) is 1. The van der Waals surface area contributed by atoms with Crippen LogP contribution in [0.1, 0.15) is 55.0 Å². The smallest absolute Gasteiger partial charge is 0.309 e. The van der Waals surface area contributed by atoms with Crippen LogP contribution in [0.4, 0.5) is 4.39 Å². The molecule has 3 aromatic rings. The van der Waals surface area contributed by atoms with Gasteiger partial charge in [-0.05, 0) is 43.4 Å². The monoisotopic (exact) mass is 467 g/mol. The van der Waals surface area contributed by atoms with E-state index >= 15 is 0 Å². The fourth-order valence-electron chi connectivity index (χ4n) is 3.98. The average molecular weight is 467 g/mol. The lowest BCUT2D eigenvalue weighted by Gasteiger charge is -2.27. The lowest BCUT2D eigenvalue weighted by molar-refractivity contribution is -0.145. The van der Waals surface area contributed by atoms with Gasteiger partial charge in [-0.15, -0.1) is 0 Å². The second-order valence-electron chi connectivity index (χ2n) is 8.23. The van der Waals surface area contributed by atoms with E-state index in [9.17, 15) is 19.4 Å². The van der Waals surface area contributed by atoms with Crippen molar-refractivity contribution in [2.24, 2.45) is 5.92 Å². The van der Waals surface area contributed by atoms with Gasteiger partial charge < -0.3 is 19.7 Å². The number of aliphatic hydroxyl groups is 1. The Kier molecular flexibility index (Phi) is 6.74. The molecule has 1 aliphatic heterocycles. The molecule has 0 fully saturated rings. The number of rotatable bonds is 7. The van der Waals surface area contributed by atoms with Crippen LogP contribution < -0.4 is 9.47 Å². The number of aryl methyl sites for hydroxylation is 2. The molecule has 3 heterocycles. The predicted octanol–water partition coefficient (Wildman–Crippen LogP) is 4.07. The Morgan fingerprint density at radius 1 is 1.29 bits per heavy atom. The van der Waals surface area contributed by atoms with Crippen LogP contribution in [0, 0.1) is 11.7 Å². The molecular formula is C25H26FN3O5. The third kappa shape index (κ3) is 4.56. The first kappa shape index (κ1) is 23.6. The number of carboxylic acids is 1. The van der Waals surface area contributed by atoms with Crippen LogP contribution in [-0.4, -0.2) is 38.2 Å². The summed E-state index contributed by atoms with van der Waals surface area (Å²) in [6.45, 7) is 3.38. The van der Waals surface area contributed by atoms with Crippen LogP contribution >= 0.6 is 0 Å². The zero-order chi connectivity index (χ0) is 24.4. The predicted molar refractivity (Wildman–Crippen MR) is 121 cm³/mol. The van der Waals surface area contributed by atoms with Crippen molar-refractivity contribution in [2.45, 2.75) is 45.3 Å². The molecule has 0 bridgehead atoms. The third-order valence-electron chi connectivity index (χ3n) is 6.06. The fourth-order valence-corrected chi connectivity index (χ4v) is 3.98. The minimum Gasteiger partial charge on any atom is -0.484 e. The number of carbonyl (C=O) groups is 1. The van der Waals surface area contributed by atoms with Gasteiger partial charge in [0.1, 0.15) is 11.9 Å². The van der Waals surface area contributed by atoms with Crippen LogP contribution in [0.2, 0.25) is 0 Å². The molecule has 0 spiro atoms. The van der Waals surface area contributed by atoms with Crippen molar-refractivity contribution in [3.63, 3.8) is 0 Å². The summed E-state index contributed by atoms with van der Waals surface area (Å²) in [5.74, 6) is -1.67. The molecule has 3 atom stereocenters. The molecule has 8 nitrogen and oxygen atoms in total. The lowest BCUT2D eigenvalue weighted by Crippen LogP contribution is -2.20. The Bertz CT molecular complexity index is 1220. The van der Waals surface area contributed by atoms with Crippen LogP contribution in [0.15, 0.2) is 36.7 Å². The largest absolute Gasteiger partial charge is 0.484 e. The topological polar surface area (TPSA) is 115 Å². The van der Waals surface area contributed by atoms with Crippen molar-refractivity contribution in [1.29, 1.82) is 0 Å². The van der Waals surface area contributed by atoms with Crippen LogP contribution in [0.3, 0.4) is 0 Å². The quantitative estimate of drug-likeness (QED) is 0.534. The Balaban J connectivity index is 1.62. The van der Waals surface area contributed by atoms with Crippen molar-refractivity contribution in [3.05, 3.63) is 65.0 Å². The number of ether oxygens (including phenoxy) is 2. The third-order valence-corrected chi connectivity index (χ3v) is 6.06. The molecule has 1 unspecified atom stereocenters. The van der Waals surface area contributed by atoms with E-state index < -0.39 is 23.8 Å². The van der Waals surface area contributed by atoms with Gasteiger partial charge in [0.15, 0.2) is 5.82 Å². The first-order valence-corrected chi connectivity index (χ1v) is 11.1. The fraction of sp³-hybridized carbons (Fsp3) is 0.360. The van der Waals surface area contributed by atoms with E-state index in [1.165, 1.54) is 20.1 Å². The minimum absolute atomic E-state index is 0.267. The van der Waals surface area contributed by atoms with Gasteiger partial charge in [-0.3, -0.25) is 14.8 Å². The summed E-state index contributed by atoms with van der Waals surface area (Å²) in [6, 6.07) is 6.77. The number of methoxy groups -OCH3 is 1. The summed E-state index contributed by atoms with van der Waals surface area (Å²) < 4.78 is 25.8. The normalized spacial score (nSPS) is 16.8. The molecule has 34 heavy (non-hydrogen) atoms. The summed E-state index contributed by atoms with van der Waals surface area (Å²) in [4.78, 5) is 24.4. The van der Waals surface area contributed by atoms with Gasteiger partial charge in [0.05, 0.1) is 48.6 Å². The summed E-state index contributed by atoms with van der Waals surface area (Å²) in [5, 5.41) is 19.6. The van der Waals surface area contributed by atoms with Gasteiger partial charge in [-0.1, -0.05) is 19.1 Å². The van der Waals surface area contributed by atoms with Crippen LogP contribution in [0.5, 0.6) is 11.6 Å². The second-order valence-corrected chi connectivity index (χ2v) is 8.23. The Labute approximate surface area is 196 Å². The standard InChI is InChI=1S/C25H26FN3O5/c1-4-18-23(16-10-22(33-3)27-11-17(16)26)28-12-19(29-18)20-8-7-14-5-6-15(9-21(14)34-20)24(30)13(2)25(31)32/h5-6,9-13,20,24,30H,4,7-8H2,1-3H3,(H,31,32)/t13-,20?,24+/m0/s1. The highest BCUT2D eigenvalue weighted by molar-refractivity contribution is 5.70. The van der Waals surface area contributed by atoms with Gasteiger partial charge in [-0.2, -0.15) is 0 Å². The molecule has 0 aliphatic carbocycles. The van der Waals surface area contributed by atoms with E-state index in [4.69, 9.17) is 14.5 Å². The van der Waals surface area contributed by atoms with Crippen molar-refractivity contribution in [3.8, 4) is 22.9 Å². The molecule has 0 radical (unpaired) electrons. The van der Waals surface area contributed by atoms with E-state index in [0.29, 0.717) is 41.2 Å². The highest BCUT2D eigenvalue weighted by Gasteiger charge is 2.28. The van der Waals surface area contributed by atoms with Crippen molar-refractivity contribution in [1.82, 2.24) is 15.0 Å². The average Bonchev–Trinajstić information content (AvgIpc) is 2.87. The molecule has 0 amide bonds. The number of fused-ring (bicyclic) bond motifs is 1.